The highest BCUT2D eigenvalue weighted by Gasteiger charge is 2.48. The molecule has 0 spiro atoms. The van der Waals surface area contributed by atoms with Crippen LogP contribution in [-0.4, -0.2) is 28.1 Å². The van der Waals surface area contributed by atoms with Crippen LogP contribution in [0.1, 0.15) is 51.1 Å². The predicted octanol–water partition coefficient (Wildman–Crippen LogP) is 4.37. The number of aliphatic carboxylic acids is 1. The maximum Gasteiger partial charge on any atom is 0.324 e. The highest BCUT2D eigenvalue weighted by molar-refractivity contribution is 9.10. The fraction of sp³-hybridized carbons (Fsp3) is 0.562. The Morgan fingerprint density at radius 3 is 2.86 bits per heavy atom. The molecule has 1 fully saturated rings. The van der Waals surface area contributed by atoms with Crippen LogP contribution < -0.4 is 0 Å². The van der Waals surface area contributed by atoms with Gasteiger partial charge in [0.05, 0.1) is 0 Å². The lowest BCUT2D eigenvalue weighted by molar-refractivity contribution is -0.151. The van der Waals surface area contributed by atoms with E-state index in [2.05, 4.69) is 20.8 Å². The van der Waals surface area contributed by atoms with Crippen LogP contribution in [0, 0.1) is 5.82 Å². The summed E-state index contributed by atoms with van der Waals surface area (Å²) in [5, 5.41) is 9.76. The van der Waals surface area contributed by atoms with Gasteiger partial charge in [-0.15, -0.1) is 0 Å². The number of hydrogen-bond donors (Lipinski definition) is 1. The van der Waals surface area contributed by atoms with Crippen LogP contribution in [0.15, 0.2) is 22.7 Å². The van der Waals surface area contributed by atoms with Crippen molar-refractivity contribution in [3.05, 3.63) is 34.1 Å². The summed E-state index contributed by atoms with van der Waals surface area (Å²) in [4.78, 5) is 14.0. The Kier molecular flexibility index (Phi) is 5.04. The zero-order valence-corrected chi connectivity index (χ0v) is 14.0. The Hall–Kier alpha value is -0.940. The number of halogens is 2. The molecule has 2 unspecified atom stereocenters. The Labute approximate surface area is 133 Å². The van der Waals surface area contributed by atoms with Gasteiger partial charge in [-0.2, -0.15) is 0 Å². The van der Waals surface area contributed by atoms with Crippen LogP contribution in [-0.2, 0) is 4.79 Å². The van der Waals surface area contributed by atoms with E-state index in [0.717, 1.165) is 24.9 Å². The summed E-state index contributed by atoms with van der Waals surface area (Å²) < 4.78 is 13.9. The van der Waals surface area contributed by atoms with Gasteiger partial charge in [-0.3, -0.25) is 9.69 Å². The van der Waals surface area contributed by atoms with Crippen molar-refractivity contribution in [1.82, 2.24) is 4.90 Å². The zero-order valence-electron chi connectivity index (χ0n) is 12.4. The van der Waals surface area contributed by atoms with E-state index < -0.39 is 11.5 Å². The number of rotatable bonds is 5. The molecule has 1 heterocycles. The molecule has 1 aromatic rings. The first kappa shape index (κ1) is 16.4. The standard InChI is InChI=1S/C16H21BrFNO2/c1-3-7-16(15(20)21)8-4-9-19(16)11(2)13-6-5-12(18)10-14(13)17/h5-6,10-11H,3-4,7-9H2,1-2H3,(H,20,21). The van der Waals surface area contributed by atoms with Crippen molar-refractivity contribution >= 4 is 21.9 Å². The van der Waals surface area contributed by atoms with Crippen molar-refractivity contribution in [2.45, 2.75) is 51.1 Å². The highest BCUT2D eigenvalue weighted by Crippen LogP contribution is 2.41. The smallest absolute Gasteiger partial charge is 0.324 e. The molecular weight excluding hydrogens is 337 g/mol. The van der Waals surface area contributed by atoms with Gasteiger partial charge in [-0.05, 0) is 50.4 Å². The van der Waals surface area contributed by atoms with E-state index in [1.807, 2.05) is 13.8 Å². The number of benzene rings is 1. The predicted molar refractivity (Wildman–Crippen MR) is 83.7 cm³/mol. The topological polar surface area (TPSA) is 40.5 Å². The minimum atomic E-state index is -0.790. The van der Waals surface area contributed by atoms with Crippen molar-refractivity contribution in [1.29, 1.82) is 0 Å². The van der Waals surface area contributed by atoms with E-state index in [1.165, 1.54) is 12.1 Å². The van der Waals surface area contributed by atoms with Crippen LogP contribution in [0.4, 0.5) is 4.39 Å². The summed E-state index contributed by atoms with van der Waals surface area (Å²) in [5.74, 6) is -1.04. The fourth-order valence-electron chi connectivity index (χ4n) is 3.49. The van der Waals surface area contributed by atoms with Crippen molar-refractivity contribution < 1.29 is 14.3 Å². The van der Waals surface area contributed by atoms with Crippen molar-refractivity contribution in [3.8, 4) is 0 Å². The van der Waals surface area contributed by atoms with E-state index in [0.29, 0.717) is 17.3 Å². The SMILES string of the molecule is CCCC1(C(=O)O)CCCN1C(C)c1ccc(F)cc1Br. The summed E-state index contributed by atoms with van der Waals surface area (Å²) in [6.07, 6.45) is 3.04. The first-order valence-electron chi connectivity index (χ1n) is 7.37. The maximum atomic E-state index is 13.3. The normalized spacial score (nSPS) is 24.2. The van der Waals surface area contributed by atoms with Crippen LogP contribution in [0.5, 0.6) is 0 Å². The molecule has 1 aliphatic rings. The Bertz CT molecular complexity index is 537. The number of carbonyl (C=O) groups is 1. The molecule has 0 radical (unpaired) electrons. The Balaban J connectivity index is 2.36. The van der Waals surface area contributed by atoms with Crippen molar-refractivity contribution in [2.24, 2.45) is 0 Å². The van der Waals surface area contributed by atoms with E-state index >= 15 is 0 Å². The second-order valence-electron chi connectivity index (χ2n) is 5.73. The maximum absolute atomic E-state index is 13.3. The number of carboxylic acids is 1. The monoisotopic (exact) mass is 357 g/mol. The van der Waals surface area contributed by atoms with Gasteiger partial charge >= 0.3 is 5.97 Å². The third-order valence-corrected chi connectivity index (χ3v) is 5.17. The van der Waals surface area contributed by atoms with E-state index in [-0.39, 0.29) is 11.9 Å². The molecule has 0 bridgehead atoms. The molecule has 0 aliphatic carbocycles. The lowest BCUT2D eigenvalue weighted by atomic mass is 9.89. The van der Waals surface area contributed by atoms with Gasteiger partial charge in [0.25, 0.3) is 0 Å². The highest BCUT2D eigenvalue weighted by atomic mass is 79.9. The molecule has 1 aromatic carbocycles. The molecule has 116 valence electrons. The number of likely N-dealkylation sites (tertiary alicyclic amines) is 1. The molecule has 3 nitrogen and oxygen atoms in total. The average Bonchev–Trinajstić information content (AvgIpc) is 2.83. The summed E-state index contributed by atoms with van der Waals surface area (Å²) in [6.45, 7) is 4.77. The minimum Gasteiger partial charge on any atom is -0.480 e. The number of carboxylic acid groups (broad SMARTS) is 1. The third kappa shape index (κ3) is 2.99. The van der Waals surface area contributed by atoms with Crippen LogP contribution in [0.3, 0.4) is 0 Å². The second kappa shape index (κ2) is 6.44. The largest absolute Gasteiger partial charge is 0.480 e. The molecule has 21 heavy (non-hydrogen) atoms. The first-order valence-corrected chi connectivity index (χ1v) is 8.16. The molecular formula is C16H21BrFNO2. The molecule has 1 N–H and O–H groups in total. The molecule has 0 aromatic heterocycles. The van der Waals surface area contributed by atoms with Gasteiger partial charge in [-0.1, -0.05) is 35.3 Å². The number of hydrogen-bond acceptors (Lipinski definition) is 2. The lowest BCUT2D eigenvalue weighted by Gasteiger charge is -2.39. The molecule has 2 atom stereocenters. The molecule has 1 saturated heterocycles. The first-order chi connectivity index (χ1) is 9.92. The Morgan fingerprint density at radius 2 is 2.29 bits per heavy atom. The van der Waals surface area contributed by atoms with Gasteiger partial charge in [-0.25, -0.2) is 4.39 Å². The summed E-state index contributed by atoms with van der Waals surface area (Å²) in [7, 11) is 0. The molecule has 0 amide bonds. The van der Waals surface area contributed by atoms with Crippen LogP contribution in [0.2, 0.25) is 0 Å². The van der Waals surface area contributed by atoms with Crippen molar-refractivity contribution in [2.75, 3.05) is 6.54 Å². The van der Waals surface area contributed by atoms with E-state index in [1.54, 1.807) is 6.07 Å². The van der Waals surface area contributed by atoms with Crippen LogP contribution in [0.25, 0.3) is 0 Å². The lowest BCUT2D eigenvalue weighted by Crippen LogP contribution is -2.51. The summed E-state index contributed by atoms with van der Waals surface area (Å²) >= 11 is 3.39. The molecule has 2 rings (SSSR count). The fourth-order valence-corrected chi connectivity index (χ4v) is 4.17. The third-order valence-electron chi connectivity index (χ3n) is 4.48. The number of nitrogens with zero attached hydrogens (tertiary/aromatic N) is 1. The van der Waals surface area contributed by atoms with Gasteiger partial charge in [0.2, 0.25) is 0 Å². The summed E-state index contributed by atoms with van der Waals surface area (Å²) in [6, 6.07) is 4.53. The Morgan fingerprint density at radius 1 is 1.57 bits per heavy atom. The molecule has 0 saturated carbocycles. The zero-order chi connectivity index (χ0) is 15.6. The summed E-state index contributed by atoms with van der Waals surface area (Å²) in [5.41, 5.74) is 0.141. The van der Waals surface area contributed by atoms with Gasteiger partial charge in [0.1, 0.15) is 11.4 Å². The minimum absolute atomic E-state index is 0.0647. The van der Waals surface area contributed by atoms with Gasteiger partial charge < -0.3 is 5.11 Å². The van der Waals surface area contributed by atoms with Gasteiger partial charge in [0, 0.05) is 10.5 Å². The quantitative estimate of drug-likeness (QED) is 0.850. The van der Waals surface area contributed by atoms with Crippen LogP contribution >= 0.6 is 15.9 Å². The van der Waals surface area contributed by atoms with E-state index in [4.69, 9.17) is 0 Å². The molecule has 1 aliphatic heterocycles. The molecule has 5 heteroatoms. The van der Waals surface area contributed by atoms with Gasteiger partial charge in [0.15, 0.2) is 0 Å². The second-order valence-corrected chi connectivity index (χ2v) is 6.58. The average molecular weight is 358 g/mol. The van der Waals surface area contributed by atoms with E-state index in [9.17, 15) is 14.3 Å². The van der Waals surface area contributed by atoms with Crippen molar-refractivity contribution in [3.63, 3.8) is 0 Å².